The Morgan fingerprint density at radius 1 is 1.00 bits per heavy atom. The molecule has 1 saturated heterocycles. The molecule has 0 radical (unpaired) electrons. The number of nitrogens with two attached hydrogens (primary N) is 1. The van der Waals surface area contributed by atoms with Gasteiger partial charge in [-0.25, -0.2) is 0 Å². The first-order valence-electron chi connectivity index (χ1n) is 12.6. The predicted molar refractivity (Wildman–Crippen MR) is 145 cm³/mol. The van der Waals surface area contributed by atoms with Gasteiger partial charge in [0.1, 0.15) is 18.1 Å². The molecule has 0 aliphatic carbocycles. The minimum Gasteiger partial charge on any atom is -0.492 e. The molecular formula is C26H35N9O2. The van der Waals surface area contributed by atoms with Gasteiger partial charge in [0.25, 0.3) is 0 Å². The van der Waals surface area contributed by atoms with Gasteiger partial charge in [0, 0.05) is 64.6 Å². The second kappa shape index (κ2) is 11.1. The fraction of sp³-hybridized carbons (Fsp3) is 0.423. The van der Waals surface area contributed by atoms with E-state index in [0.717, 1.165) is 51.6 Å². The Morgan fingerprint density at radius 2 is 1.78 bits per heavy atom. The van der Waals surface area contributed by atoms with Gasteiger partial charge in [0.2, 0.25) is 11.9 Å². The summed E-state index contributed by atoms with van der Waals surface area (Å²) in [6.07, 6.45) is 1.62. The summed E-state index contributed by atoms with van der Waals surface area (Å²) in [7, 11) is 6.09. The van der Waals surface area contributed by atoms with Crippen molar-refractivity contribution in [1.29, 1.82) is 0 Å². The van der Waals surface area contributed by atoms with Gasteiger partial charge in [-0.2, -0.15) is 19.6 Å². The number of ether oxygens (including phenoxy) is 1. The van der Waals surface area contributed by atoms with Crippen LogP contribution in [0.5, 0.6) is 5.75 Å². The van der Waals surface area contributed by atoms with E-state index < -0.39 is 0 Å². The maximum Gasteiger partial charge on any atom is 0.230 e. The standard InChI is InChI=1S/C26H35N9O2/c1-31(2)16-18-36-21-8-6-20(7-9-21)34-14-12-33(13-15-34)11-10-32(3)26-28-24-19-22(23-5-4-17-37-23)30-35(24)25(27)29-26/h4-9,17,19H,10-16,18H2,1-3H3,(H2,27,28,29). The van der Waals surface area contributed by atoms with E-state index in [0.29, 0.717) is 35.6 Å². The van der Waals surface area contributed by atoms with E-state index >= 15 is 0 Å². The van der Waals surface area contributed by atoms with E-state index in [2.05, 4.69) is 54.0 Å². The first-order valence-corrected chi connectivity index (χ1v) is 12.6. The third-order valence-electron chi connectivity index (χ3n) is 6.58. The molecule has 0 bridgehead atoms. The van der Waals surface area contributed by atoms with Crippen LogP contribution in [0.15, 0.2) is 53.1 Å². The van der Waals surface area contributed by atoms with Crippen LogP contribution < -0.4 is 20.3 Å². The SMILES string of the molecule is CN(C)CCOc1ccc(N2CCN(CCN(C)c3nc(N)n4nc(-c5ccco5)cc4n3)CC2)cc1. The molecule has 1 aromatic carbocycles. The number of nitrogens with zero attached hydrogens (tertiary/aromatic N) is 8. The Balaban J connectivity index is 1.11. The molecule has 1 aliphatic rings. The largest absolute Gasteiger partial charge is 0.492 e. The maximum absolute atomic E-state index is 6.18. The highest BCUT2D eigenvalue weighted by Gasteiger charge is 2.19. The molecule has 4 heterocycles. The highest BCUT2D eigenvalue weighted by atomic mass is 16.5. The number of rotatable bonds is 10. The van der Waals surface area contributed by atoms with Crippen LogP contribution in [0.3, 0.4) is 0 Å². The van der Waals surface area contributed by atoms with Crippen LogP contribution in [0.2, 0.25) is 0 Å². The molecule has 0 atom stereocenters. The number of fused-ring (bicyclic) bond motifs is 1. The topological polar surface area (TPSA) is 104 Å². The Kier molecular flexibility index (Phi) is 7.42. The fourth-order valence-corrected chi connectivity index (χ4v) is 4.33. The zero-order chi connectivity index (χ0) is 25.8. The number of hydrogen-bond acceptors (Lipinski definition) is 10. The summed E-state index contributed by atoms with van der Waals surface area (Å²) in [6.45, 7) is 7.32. The van der Waals surface area contributed by atoms with Gasteiger partial charge in [0.05, 0.1) is 6.26 Å². The molecule has 11 nitrogen and oxygen atoms in total. The van der Waals surface area contributed by atoms with Crippen LogP contribution in [-0.2, 0) is 0 Å². The summed E-state index contributed by atoms with van der Waals surface area (Å²) in [6, 6.07) is 14.0. The molecule has 5 rings (SSSR count). The van der Waals surface area contributed by atoms with E-state index in [1.165, 1.54) is 10.2 Å². The molecule has 37 heavy (non-hydrogen) atoms. The van der Waals surface area contributed by atoms with Crippen LogP contribution in [0.1, 0.15) is 0 Å². The zero-order valence-electron chi connectivity index (χ0n) is 21.7. The Bertz CT molecular complexity index is 1280. The highest BCUT2D eigenvalue weighted by Crippen LogP contribution is 2.23. The van der Waals surface area contributed by atoms with Crippen molar-refractivity contribution in [3.8, 4) is 17.2 Å². The Hall–Kier alpha value is -3.83. The van der Waals surface area contributed by atoms with Crippen LogP contribution >= 0.6 is 0 Å². The van der Waals surface area contributed by atoms with E-state index in [-0.39, 0.29) is 0 Å². The Labute approximate surface area is 217 Å². The second-order valence-electron chi connectivity index (χ2n) is 9.55. The minimum atomic E-state index is 0.299. The molecule has 11 heteroatoms. The molecule has 0 unspecified atom stereocenters. The summed E-state index contributed by atoms with van der Waals surface area (Å²) >= 11 is 0. The summed E-state index contributed by atoms with van der Waals surface area (Å²) < 4.78 is 12.8. The molecule has 0 amide bonds. The van der Waals surface area contributed by atoms with E-state index in [4.69, 9.17) is 14.9 Å². The van der Waals surface area contributed by atoms with Crippen molar-refractivity contribution >= 4 is 23.2 Å². The smallest absolute Gasteiger partial charge is 0.230 e. The molecule has 3 aromatic heterocycles. The van der Waals surface area contributed by atoms with Crippen LogP contribution in [0.4, 0.5) is 17.6 Å². The van der Waals surface area contributed by atoms with Crippen molar-refractivity contribution < 1.29 is 9.15 Å². The number of piperazine rings is 1. The van der Waals surface area contributed by atoms with Crippen molar-refractivity contribution in [2.24, 2.45) is 0 Å². The molecular weight excluding hydrogens is 470 g/mol. The molecule has 2 N–H and O–H groups in total. The third-order valence-corrected chi connectivity index (χ3v) is 6.58. The minimum absolute atomic E-state index is 0.299. The lowest BCUT2D eigenvalue weighted by atomic mass is 10.2. The van der Waals surface area contributed by atoms with Gasteiger partial charge >= 0.3 is 0 Å². The van der Waals surface area contributed by atoms with E-state index in [1.54, 1.807) is 6.26 Å². The lowest BCUT2D eigenvalue weighted by Crippen LogP contribution is -2.48. The molecule has 196 valence electrons. The van der Waals surface area contributed by atoms with E-state index in [9.17, 15) is 0 Å². The summed E-state index contributed by atoms with van der Waals surface area (Å²) in [5.41, 5.74) is 8.74. The summed E-state index contributed by atoms with van der Waals surface area (Å²) in [5, 5.41) is 4.46. The first-order chi connectivity index (χ1) is 18.0. The van der Waals surface area contributed by atoms with Crippen molar-refractivity contribution in [2.45, 2.75) is 0 Å². The number of nitrogen functional groups attached to an aromatic ring is 1. The summed E-state index contributed by atoms with van der Waals surface area (Å²) in [5.74, 6) is 2.47. The first kappa shape index (κ1) is 24.8. The molecule has 4 aromatic rings. The van der Waals surface area contributed by atoms with Crippen LogP contribution in [0.25, 0.3) is 17.1 Å². The number of benzene rings is 1. The van der Waals surface area contributed by atoms with Crippen molar-refractivity contribution in [3.05, 3.63) is 48.7 Å². The van der Waals surface area contributed by atoms with Crippen LogP contribution in [-0.4, -0.2) is 103 Å². The quantitative estimate of drug-likeness (QED) is 0.345. The Morgan fingerprint density at radius 3 is 2.49 bits per heavy atom. The van der Waals surface area contributed by atoms with E-state index in [1.807, 2.05) is 44.2 Å². The number of furan rings is 1. The number of likely N-dealkylation sites (N-methyl/N-ethyl adjacent to an activating group) is 2. The lowest BCUT2D eigenvalue weighted by Gasteiger charge is -2.36. The third kappa shape index (κ3) is 5.95. The van der Waals surface area contributed by atoms with Crippen molar-refractivity contribution in [2.75, 3.05) is 89.1 Å². The molecule has 1 fully saturated rings. The fourth-order valence-electron chi connectivity index (χ4n) is 4.33. The zero-order valence-corrected chi connectivity index (χ0v) is 21.7. The highest BCUT2D eigenvalue weighted by molar-refractivity contribution is 5.61. The normalized spacial score (nSPS) is 14.5. The number of hydrogen-bond donors (Lipinski definition) is 1. The number of anilines is 3. The van der Waals surface area contributed by atoms with Gasteiger partial charge < -0.3 is 29.6 Å². The molecule has 0 saturated carbocycles. The second-order valence-corrected chi connectivity index (χ2v) is 9.55. The van der Waals surface area contributed by atoms with Crippen LogP contribution in [0, 0.1) is 0 Å². The van der Waals surface area contributed by atoms with Gasteiger partial charge in [0.15, 0.2) is 11.4 Å². The molecule has 0 spiro atoms. The van der Waals surface area contributed by atoms with Gasteiger partial charge in [-0.3, -0.25) is 4.90 Å². The average Bonchev–Trinajstić information content (AvgIpc) is 3.58. The molecule has 1 aliphatic heterocycles. The predicted octanol–water partition coefficient (Wildman–Crippen LogP) is 2.17. The van der Waals surface area contributed by atoms with Gasteiger partial charge in [-0.1, -0.05) is 0 Å². The van der Waals surface area contributed by atoms with Gasteiger partial charge in [-0.05, 0) is 50.5 Å². The van der Waals surface area contributed by atoms with Gasteiger partial charge in [-0.15, -0.1) is 0 Å². The summed E-state index contributed by atoms with van der Waals surface area (Å²) in [4.78, 5) is 18.2. The lowest BCUT2D eigenvalue weighted by molar-refractivity contribution is 0.260. The maximum atomic E-state index is 6.18. The monoisotopic (exact) mass is 505 g/mol. The number of aromatic nitrogens is 4. The van der Waals surface area contributed by atoms with Crippen molar-refractivity contribution in [3.63, 3.8) is 0 Å². The van der Waals surface area contributed by atoms with Crippen molar-refractivity contribution in [1.82, 2.24) is 29.4 Å². The average molecular weight is 506 g/mol.